The summed E-state index contributed by atoms with van der Waals surface area (Å²) in [7, 11) is 0. The van der Waals surface area contributed by atoms with Crippen molar-refractivity contribution in [1.29, 1.82) is 0 Å². The van der Waals surface area contributed by atoms with Crippen molar-refractivity contribution in [2.24, 2.45) is 0 Å². The number of rotatable bonds is 2. The van der Waals surface area contributed by atoms with Crippen LogP contribution >= 0.6 is 11.6 Å². The van der Waals surface area contributed by atoms with Crippen LogP contribution in [0.1, 0.15) is 0 Å². The van der Waals surface area contributed by atoms with Crippen LogP contribution in [0.3, 0.4) is 0 Å². The van der Waals surface area contributed by atoms with Gasteiger partial charge in [-0.15, -0.1) is 0 Å². The summed E-state index contributed by atoms with van der Waals surface area (Å²) in [6.45, 7) is 1.91. The lowest BCUT2D eigenvalue weighted by Gasteiger charge is -2.33. The number of nitrogens with zero attached hydrogens (tertiary/aromatic N) is 3. The van der Waals surface area contributed by atoms with Crippen molar-refractivity contribution in [2.45, 2.75) is 6.10 Å². The summed E-state index contributed by atoms with van der Waals surface area (Å²) in [5.74, 6) is 0.803. The molecule has 0 saturated carbocycles. The average molecular weight is 280 g/mol. The first-order chi connectivity index (χ1) is 9.28. The largest absolute Gasteiger partial charge is 0.394 e. The average Bonchev–Trinajstić information content (AvgIpc) is 2.46. The minimum Gasteiger partial charge on any atom is -0.394 e. The maximum atomic E-state index is 9.21. The Morgan fingerprint density at radius 1 is 1.37 bits per heavy atom. The third-order valence-electron chi connectivity index (χ3n) is 3.20. The van der Waals surface area contributed by atoms with Gasteiger partial charge in [-0.3, -0.25) is 0 Å². The quantitative estimate of drug-likeness (QED) is 0.844. The van der Waals surface area contributed by atoms with Gasteiger partial charge in [-0.25, -0.2) is 4.98 Å². The molecule has 2 heterocycles. The van der Waals surface area contributed by atoms with Crippen molar-refractivity contribution < 1.29 is 9.84 Å². The van der Waals surface area contributed by atoms with Crippen LogP contribution in [0.4, 0.5) is 5.82 Å². The Hall–Kier alpha value is -1.43. The highest BCUT2D eigenvalue weighted by Gasteiger charge is 2.22. The third kappa shape index (κ3) is 2.49. The summed E-state index contributed by atoms with van der Waals surface area (Å²) in [6.07, 6.45) is -0.179. The molecule has 2 aromatic rings. The van der Waals surface area contributed by atoms with Gasteiger partial charge in [0.1, 0.15) is 5.82 Å². The molecule has 1 aromatic carbocycles. The number of hydrogen-bond donors (Lipinski definition) is 1. The van der Waals surface area contributed by atoms with Crippen LogP contribution in [0.2, 0.25) is 5.28 Å². The molecule has 1 aliphatic rings. The number of benzene rings is 1. The molecule has 1 N–H and O–H groups in total. The Morgan fingerprint density at radius 2 is 2.21 bits per heavy atom. The number of anilines is 1. The van der Waals surface area contributed by atoms with Crippen molar-refractivity contribution in [3.8, 4) is 0 Å². The van der Waals surface area contributed by atoms with Gasteiger partial charge in [-0.2, -0.15) is 4.98 Å². The second-order valence-corrected chi connectivity index (χ2v) is 4.79. The third-order valence-corrected chi connectivity index (χ3v) is 3.37. The summed E-state index contributed by atoms with van der Waals surface area (Å²) in [5, 5.41) is 10.4. The fourth-order valence-corrected chi connectivity index (χ4v) is 2.47. The fraction of sp³-hybridized carbons (Fsp3) is 0.385. The van der Waals surface area contributed by atoms with Crippen molar-refractivity contribution in [1.82, 2.24) is 9.97 Å². The van der Waals surface area contributed by atoms with Crippen LogP contribution in [0.5, 0.6) is 0 Å². The Kier molecular flexibility index (Phi) is 3.50. The highest BCUT2D eigenvalue weighted by molar-refractivity contribution is 6.28. The Bertz CT molecular complexity index is 593. The molecule has 1 aliphatic heterocycles. The van der Waals surface area contributed by atoms with E-state index < -0.39 is 0 Å². The number of halogens is 1. The normalized spacial score (nSPS) is 19.9. The predicted octanol–water partition coefficient (Wildman–Crippen LogP) is 1.48. The summed E-state index contributed by atoms with van der Waals surface area (Å²) in [4.78, 5) is 10.6. The van der Waals surface area contributed by atoms with E-state index in [0.717, 1.165) is 23.3 Å². The minimum atomic E-state index is -0.179. The van der Waals surface area contributed by atoms with Gasteiger partial charge >= 0.3 is 0 Å². The minimum absolute atomic E-state index is 0.00719. The van der Waals surface area contributed by atoms with Crippen LogP contribution in [0, 0.1) is 0 Å². The Labute approximate surface area is 115 Å². The van der Waals surface area contributed by atoms with E-state index >= 15 is 0 Å². The second kappa shape index (κ2) is 5.28. The number of morpholine rings is 1. The van der Waals surface area contributed by atoms with Crippen molar-refractivity contribution in [2.75, 3.05) is 31.2 Å². The molecule has 1 unspecified atom stereocenters. The van der Waals surface area contributed by atoms with Crippen LogP contribution in [0.25, 0.3) is 10.9 Å². The van der Waals surface area contributed by atoms with E-state index in [0.29, 0.717) is 13.2 Å². The topological polar surface area (TPSA) is 58.5 Å². The van der Waals surface area contributed by atoms with Crippen molar-refractivity contribution in [3.05, 3.63) is 29.5 Å². The molecule has 1 fully saturated rings. The van der Waals surface area contributed by atoms with E-state index in [2.05, 4.69) is 14.9 Å². The first kappa shape index (κ1) is 12.6. The maximum absolute atomic E-state index is 9.21. The predicted molar refractivity (Wildman–Crippen MR) is 73.6 cm³/mol. The number of para-hydroxylation sites is 1. The van der Waals surface area contributed by atoms with Gasteiger partial charge < -0.3 is 14.7 Å². The van der Waals surface area contributed by atoms with Crippen LogP contribution in [0.15, 0.2) is 24.3 Å². The molecular formula is C13H14ClN3O2. The number of aliphatic hydroxyl groups excluding tert-OH is 1. The molecule has 1 atom stereocenters. The van der Waals surface area contributed by atoms with E-state index in [9.17, 15) is 5.11 Å². The van der Waals surface area contributed by atoms with Gasteiger partial charge in [0.2, 0.25) is 5.28 Å². The molecular weight excluding hydrogens is 266 g/mol. The lowest BCUT2D eigenvalue weighted by atomic mass is 10.2. The second-order valence-electron chi connectivity index (χ2n) is 4.45. The molecule has 3 rings (SSSR count). The van der Waals surface area contributed by atoms with Crippen LogP contribution < -0.4 is 4.90 Å². The van der Waals surface area contributed by atoms with Crippen LogP contribution in [-0.4, -0.2) is 47.5 Å². The summed E-state index contributed by atoms with van der Waals surface area (Å²) >= 11 is 5.98. The maximum Gasteiger partial charge on any atom is 0.224 e. The first-order valence-corrected chi connectivity index (χ1v) is 6.55. The lowest BCUT2D eigenvalue weighted by Crippen LogP contribution is -2.44. The molecule has 19 heavy (non-hydrogen) atoms. The molecule has 0 amide bonds. The summed E-state index contributed by atoms with van der Waals surface area (Å²) in [6, 6.07) is 7.76. The monoisotopic (exact) mass is 279 g/mol. The Morgan fingerprint density at radius 3 is 3.05 bits per heavy atom. The molecule has 100 valence electrons. The number of hydrogen-bond acceptors (Lipinski definition) is 5. The van der Waals surface area contributed by atoms with E-state index in [1.807, 2.05) is 24.3 Å². The van der Waals surface area contributed by atoms with Gasteiger partial charge in [-0.1, -0.05) is 12.1 Å². The highest BCUT2D eigenvalue weighted by atomic mass is 35.5. The molecule has 1 saturated heterocycles. The van der Waals surface area contributed by atoms with Gasteiger partial charge in [0, 0.05) is 18.5 Å². The van der Waals surface area contributed by atoms with Gasteiger partial charge in [0.15, 0.2) is 0 Å². The van der Waals surface area contributed by atoms with E-state index in [1.165, 1.54) is 0 Å². The fourth-order valence-electron chi connectivity index (χ4n) is 2.30. The first-order valence-electron chi connectivity index (χ1n) is 6.17. The zero-order chi connectivity index (χ0) is 13.2. The molecule has 6 heteroatoms. The molecule has 5 nitrogen and oxygen atoms in total. The Balaban J connectivity index is 2.03. The molecule has 0 bridgehead atoms. The molecule has 1 aromatic heterocycles. The van der Waals surface area contributed by atoms with Crippen molar-refractivity contribution in [3.63, 3.8) is 0 Å². The van der Waals surface area contributed by atoms with E-state index in [4.69, 9.17) is 16.3 Å². The molecule has 0 radical (unpaired) electrons. The smallest absolute Gasteiger partial charge is 0.224 e. The highest BCUT2D eigenvalue weighted by Crippen LogP contribution is 2.26. The molecule has 0 spiro atoms. The summed E-state index contributed by atoms with van der Waals surface area (Å²) in [5.41, 5.74) is 0.824. The lowest BCUT2D eigenvalue weighted by molar-refractivity contribution is 0.00343. The van der Waals surface area contributed by atoms with Crippen LogP contribution in [-0.2, 0) is 4.74 Å². The van der Waals surface area contributed by atoms with Gasteiger partial charge in [0.05, 0.1) is 24.8 Å². The zero-order valence-electron chi connectivity index (χ0n) is 10.3. The summed E-state index contributed by atoms with van der Waals surface area (Å²) < 4.78 is 5.45. The zero-order valence-corrected chi connectivity index (χ0v) is 11.0. The van der Waals surface area contributed by atoms with Crippen molar-refractivity contribution >= 4 is 28.3 Å². The van der Waals surface area contributed by atoms with Gasteiger partial charge in [0.25, 0.3) is 0 Å². The number of aliphatic hydroxyl groups is 1. The van der Waals surface area contributed by atoms with E-state index in [1.54, 1.807) is 0 Å². The molecule has 0 aliphatic carbocycles. The number of fused-ring (bicyclic) bond motifs is 1. The number of aromatic nitrogens is 2. The van der Waals surface area contributed by atoms with E-state index in [-0.39, 0.29) is 18.0 Å². The van der Waals surface area contributed by atoms with Gasteiger partial charge in [-0.05, 0) is 23.7 Å². The standard InChI is InChI=1S/C13H14ClN3O2/c14-13-15-11-4-2-1-3-10(11)12(16-13)17-5-6-19-9(7-17)8-18/h1-4,9,18H,5-8H2. The SMILES string of the molecule is OCC1CN(c2nc(Cl)nc3ccccc23)CCO1. The number of ether oxygens (including phenoxy) is 1.